The first-order valence-corrected chi connectivity index (χ1v) is 34.4. The monoisotopic (exact) mass is 610 g/mol. The minimum absolute atomic E-state index is 0. The van der Waals surface area contributed by atoms with Crippen LogP contribution >= 0.6 is 0 Å². The van der Waals surface area contributed by atoms with Crippen LogP contribution in [-0.2, 0) is 21.7 Å². The molecule has 0 fully saturated rings. The summed E-state index contributed by atoms with van der Waals surface area (Å²) in [6, 6.07) is 0. The molecular weight excluding hydrogens is 553 g/mol. The third-order valence-corrected chi connectivity index (χ3v) is 20.0. The van der Waals surface area contributed by atoms with E-state index in [1.165, 1.54) is 12.8 Å². The summed E-state index contributed by atoms with van der Waals surface area (Å²) in [6.07, 6.45) is 10.3. The van der Waals surface area contributed by atoms with Crippen LogP contribution in [0.25, 0.3) is 0 Å². The van der Waals surface area contributed by atoms with Gasteiger partial charge in [-0.1, -0.05) is 131 Å². The summed E-state index contributed by atoms with van der Waals surface area (Å²) in [5.74, 6) is 0. The van der Waals surface area contributed by atoms with E-state index in [0.29, 0.717) is 0 Å². The second-order valence-corrected chi connectivity index (χ2v) is 47.2. The largest absolute Gasteiger partial charge is 2.00 e. The van der Waals surface area contributed by atoms with Gasteiger partial charge >= 0.3 is 21.7 Å². The van der Waals surface area contributed by atoms with Crippen molar-refractivity contribution in [3.05, 3.63) is 43.3 Å². The van der Waals surface area contributed by atoms with Crippen molar-refractivity contribution in [3.8, 4) is 0 Å². The van der Waals surface area contributed by atoms with E-state index in [1.54, 1.807) is 20.8 Å². The van der Waals surface area contributed by atoms with Crippen LogP contribution in [0.2, 0.25) is 118 Å². The molecule has 0 aliphatic heterocycles. The second-order valence-electron chi connectivity index (χ2n) is 16.8. The Kier molecular flexibility index (Phi) is 11.9. The van der Waals surface area contributed by atoms with Gasteiger partial charge in [-0.15, -0.1) is 0 Å². The predicted molar refractivity (Wildman–Crippen MR) is 177 cm³/mol. The minimum Gasteiger partial charge on any atom is -0.258 e. The van der Waals surface area contributed by atoms with E-state index in [9.17, 15) is 0 Å². The van der Waals surface area contributed by atoms with Crippen LogP contribution in [0.15, 0.2) is 31.2 Å². The minimum atomic E-state index is -1.21. The smallest absolute Gasteiger partial charge is 0.258 e. The van der Waals surface area contributed by atoms with Gasteiger partial charge in [-0.25, -0.2) is 20.8 Å². The van der Waals surface area contributed by atoms with Crippen LogP contribution in [-0.4, -0.2) is 48.4 Å². The summed E-state index contributed by atoms with van der Waals surface area (Å²) in [7, 11) is -7.07. The van der Waals surface area contributed by atoms with Gasteiger partial charge in [-0.3, -0.25) is 12.2 Å². The van der Waals surface area contributed by atoms with Crippen LogP contribution in [0, 0.1) is 12.2 Å². The molecule has 2 aliphatic rings. The van der Waals surface area contributed by atoms with E-state index in [2.05, 4.69) is 130 Å². The quantitative estimate of drug-likeness (QED) is 0.207. The van der Waals surface area contributed by atoms with E-state index in [1.807, 2.05) is 10.4 Å². The van der Waals surface area contributed by atoms with Gasteiger partial charge in [0.2, 0.25) is 0 Å². The third-order valence-electron chi connectivity index (χ3n) is 6.98. The summed E-state index contributed by atoms with van der Waals surface area (Å²) in [4.78, 5) is 0. The van der Waals surface area contributed by atoms with Crippen molar-refractivity contribution in [1.29, 1.82) is 0 Å². The van der Waals surface area contributed by atoms with Gasteiger partial charge in [0, 0.05) is 16.1 Å². The van der Waals surface area contributed by atoms with Gasteiger partial charge in [0.1, 0.15) is 0 Å². The molecule has 0 aromatic carbocycles. The molecule has 0 aromatic rings. The Morgan fingerprint density at radius 2 is 0.600 bits per heavy atom. The van der Waals surface area contributed by atoms with Gasteiger partial charge in [-0.2, -0.15) is 10.4 Å². The predicted octanol–water partition coefficient (Wildman–Crippen LogP) is 10.1. The molecule has 0 radical (unpaired) electrons. The van der Waals surface area contributed by atoms with E-state index in [4.69, 9.17) is 0 Å². The van der Waals surface area contributed by atoms with Gasteiger partial charge < -0.3 is 0 Å². The zero-order valence-electron chi connectivity index (χ0n) is 26.9. The fraction of sp³-hybridized carbons (Fsp3) is 0.714. The first-order chi connectivity index (χ1) is 14.7. The van der Waals surface area contributed by atoms with Crippen LogP contribution in [0.5, 0.6) is 0 Å². The summed E-state index contributed by atoms with van der Waals surface area (Å²) < 4.78 is 0. The molecule has 0 saturated heterocycles. The second kappa shape index (κ2) is 11.6. The summed E-state index contributed by atoms with van der Waals surface area (Å²) >= 11 is 0. The van der Waals surface area contributed by atoms with Gasteiger partial charge in [-0.05, 0) is 16.1 Å². The van der Waals surface area contributed by atoms with Crippen molar-refractivity contribution in [1.82, 2.24) is 0 Å². The molecule has 0 saturated carbocycles. The zero-order chi connectivity index (χ0) is 27.3. The van der Waals surface area contributed by atoms with Crippen LogP contribution in [0.4, 0.5) is 0 Å². The maximum absolute atomic E-state index is 3.88. The Bertz CT molecular complexity index is 818. The number of hydrogen-bond donors (Lipinski definition) is 0. The molecule has 0 nitrogen and oxygen atoms in total. The van der Waals surface area contributed by atoms with Crippen LogP contribution < -0.4 is 0 Å². The Labute approximate surface area is 242 Å². The fourth-order valence-electron chi connectivity index (χ4n) is 4.54. The molecule has 0 atom stereocenters. The first kappa shape index (κ1) is 36.0. The molecule has 0 heterocycles. The standard InChI is InChI=1S/2C14H29Si3.Ti/c2*1-15(2,3)12-10-13(16(4,5)6)14(11-12)17(7,8)9;/h2*10H2,1-9H3;/q2*-1;+2. The Balaban J connectivity index is 0.000000642. The zero-order valence-corrected chi connectivity index (χ0v) is 34.5. The number of rotatable bonds is 6. The van der Waals surface area contributed by atoms with E-state index in [0.717, 1.165) is 0 Å². The third kappa shape index (κ3) is 10.2. The summed E-state index contributed by atoms with van der Waals surface area (Å²) in [5.41, 5.74) is 0. The molecule has 0 bridgehead atoms. The first-order valence-electron chi connectivity index (χ1n) is 13.4. The molecule has 7 heteroatoms. The molecule has 2 aliphatic carbocycles. The van der Waals surface area contributed by atoms with Crippen LogP contribution in [0.1, 0.15) is 12.8 Å². The van der Waals surface area contributed by atoms with Crippen LogP contribution in [0.3, 0.4) is 0 Å². The van der Waals surface area contributed by atoms with Gasteiger partial charge in [0.25, 0.3) is 0 Å². The molecule has 0 N–H and O–H groups in total. The van der Waals surface area contributed by atoms with E-state index in [-0.39, 0.29) is 21.7 Å². The molecule has 0 aromatic heterocycles. The molecule has 0 amide bonds. The molecule has 0 spiro atoms. The topological polar surface area (TPSA) is 0 Å². The Morgan fingerprint density at radius 3 is 0.714 bits per heavy atom. The average molecular weight is 611 g/mol. The van der Waals surface area contributed by atoms with Crippen molar-refractivity contribution in [2.45, 2.75) is 131 Å². The summed E-state index contributed by atoms with van der Waals surface area (Å²) in [6.45, 7) is 44.6. The van der Waals surface area contributed by atoms with Gasteiger partial charge in [0.05, 0.1) is 16.1 Å². The molecular formula is C28H58Si6Ti. The van der Waals surface area contributed by atoms with Crippen molar-refractivity contribution >= 4 is 48.4 Å². The maximum atomic E-state index is 3.88. The molecule has 2 rings (SSSR count). The average Bonchev–Trinajstić information content (AvgIpc) is 3.18. The summed E-state index contributed by atoms with van der Waals surface area (Å²) in [5, 5.41) is 10.3. The maximum Gasteiger partial charge on any atom is 2.00 e. The van der Waals surface area contributed by atoms with Gasteiger partial charge in [0.15, 0.2) is 0 Å². The normalized spacial score (nSPS) is 18.2. The Morgan fingerprint density at radius 1 is 0.371 bits per heavy atom. The fourth-order valence-corrected chi connectivity index (χ4v) is 18.1. The molecule has 198 valence electrons. The van der Waals surface area contributed by atoms with Crippen molar-refractivity contribution < 1.29 is 21.7 Å². The number of hydrogen-bond acceptors (Lipinski definition) is 0. The molecule has 0 unspecified atom stereocenters. The van der Waals surface area contributed by atoms with Crippen molar-refractivity contribution in [2.24, 2.45) is 0 Å². The SMILES string of the molecule is C[Si](C)(C)C1=[C-]C([Si](C)(C)C)=C([Si](C)(C)C)C1.C[Si](C)(C)C1=[C-]C([Si](C)(C)C)=C([Si](C)(C)C)C1.[Ti+2]. The van der Waals surface area contributed by atoms with E-state index >= 15 is 0 Å². The Hall–Kier alpha value is 0.976. The number of allylic oxidation sites excluding steroid dienone is 8. The molecule has 35 heavy (non-hydrogen) atoms. The van der Waals surface area contributed by atoms with Crippen molar-refractivity contribution in [2.75, 3.05) is 0 Å². The van der Waals surface area contributed by atoms with Crippen molar-refractivity contribution in [3.63, 3.8) is 0 Å². The van der Waals surface area contributed by atoms with E-state index < -0.39 is 48.4 Å².